The SMILES string of the molecule is CNCCNC(=O)c1cccc(OC[C@@H](OCCOCC(=O)NCC#CC(C)C)SSC)c1. The number of likely N-dealkylation sites (N-methyl/N-ethyl adjacent to an activating group) is 1. The molecule has 0 heterocycles. The molecule has 184 valence electrons. The molecule has 0 unspecified atom stereocenters. The van der Waals surface area contributed by atoms with E-state index < -0.39 is 0 Å². The third kappa shape index (κ3) is 14.8. The highest BCUT2D eigenvalue weighted by Crippen LogP contribution is 2.25. The second-order valence-corrected chi connectivity index (χ2v) is 9.70. The largest absolute Gasteiger partial charge is 0.490 e. The van der Waals surface area contributed by atoms with E-state index in [4.69, 9.17) is 14.2 Å². The molecule has 0 saturated heterocycles. The molecule has 3 N–H and O–H groups in total. The third-order valence-electron chi connectivity index (χ3n) is 3.88. The normalized spacial score (nSPS) is 11.4. The molecular formula is C23H35N3O5S2. The Morgan fingerprint density at radius 3 is 2.70 bits per heavy atom. The minimum Gasteiger partial charge on any atom is -0.490 e. The standard InChI is InChI=1S/C23H35N3O5S2/c1-18(2)7-6-10-25-21(27)16-29-13-14-30-22(33-32-4)17-31-20-9-5-8-19(15-20)23(28)26-12-11-24-3/h5,8-9,15,18,22,24H,10-14,16-17H2,1-4H3,(H,25,27)(H,26,28)/t22-/m0/s1. The molecule has 8 nitrogen and oxygen atoms in total. The maximum Gasteiger partial charge on any atom is 0.251 e. The van der Waals surface area contributed by atoms with Crippen molar-refractivity contribution in [2.75, 3.05) is 59.4 Å². The summed E-state index contributed by atoms with van der Waals surface area (Å²) >= 11 is 0. The summed E-state index contributed by atoms with van der Waals surface area (Å²) in [6, 6.07) is 7.05. The van der Waals surface area contributed by atoms with Gasteiger partial charge in [-0.1, -0.05) is 53.3 Å². The fourth-order valence-corrected chi connectivity index (χ4v) is 3.83. The van der Waals surface area contributed by atoms with Crippen molar-refractivity contribution in [3.05, 3.63) is 29.8 Å². The quantitative estimate of drug-likeness (QED) is 0.138. The molecule has 0 radical (unpaired) electrons. The van der Waals surface area contributed by atoms with Crippen LogP contribution < -0.4 is 20.7 Å². The summed E-state index contributed by atoms with van der Waals surface area (Å²) in [6.45, 7) is 6.46. The van der Waals surface area contributed by atoms with Crippen LogP contribution in [0.5, 0.6) is 5.75 Å². The first-order chi connectivity index (χ1) is 16.0. The van der Waals surface area contributed by atoms with Crippen LogP contribution in [0.25, 0.3) is 0 Å². The van der Waals surface area contributed by atoms with Crippen LogP contribution in [0, 0.1) is 17.8 Å². The summed E-state index contributed by atoms with van der Waals surface area (Å²) in [4.78, 5) is 23.9. The van der Waals surface area contributed by atoms with E-state index in [-0.39, 0.29) is 29.8 Å². The summed E-state index contributed by atoms with van der Waals surface area (Å²) in [5.74, 6) is 6.40. The zero-order valence-corrected chi connectivity index (χ0v) is 21.4. The van der Waals surface area contributed by atoms with Gasteiger partial charge in [0.05, 0.1) is 19.8 Å². The van der Waals surface area contributed by atoms with Crippen molar-refractivity contribution in [3.63, 3.8) is 0 Å². The smallest absolute Gasteiger partial charge is 0.251 e. The monoisotopic (exact) mass is 497 g/mol. The van der Waals surface area contributed by atoms with Crippen LogP contribution in [0.3, 0.4) is 0 Å². The van der Waals surface area contributed by atoms with Crippen molar-refractivity contribution in [2.24, 2.45) is 5.92 Å². The van der Waals surface area contributed by atoms with E-state index >= 15 is 0 Å². The van der Waals surface area contributed by atoms with Crippen molar-refractivity contribution in [3.8, 4) is 17.6 Å². The van der Waals surface area contributed by atoms with Gasteiger partial charge in [-0.2, -0.15) is 0 Å². The molecule has 0 aromatic heterocycles. The lowest BCUT2D eigenvalue weighted by atomic mass is 10.2. The Bertz CT molecular complexity index is 768. The van der Waals surface area contributed by atoms with Crippen LogP contribution in [0.4, 0.5) is 0 Å². The van der Waals surface area contributed by atoms with Crippen molar-refractivity contribution in [2.45, 2.75) is 19.3 Å². The number of hydrogen-bond donors (Lipinski definition) is 3. The number of rotatable bonds is 16. The van der Waals surface area contributed by atoms with Gasteiger partial charge in [0, 0.05) is 24.6 Å². The number of carbonyl (C=O) groups excluding carboxylic acids is 2. The van der Waals surface area contributed by atoms with Gasteiger partial charge in [-0.3, -0.25) is 9.59 Å². The van der Waals surface area contributed by atoms with Crippen LogP contribution in [0.15, 0.2) is 24.3 Å². The summed E-state index contributed by atoms with van der Waals surface area (Å²) in [5.41, 5.74) is 0.317. The summed E-state index contributed by atoms with van der Waals surface area (Å²) < 4.78 is 17.0. The van der Waals surface area contributed by atoms with Gasteiger partial charge in [-0.05, 0) is 31.5 Å². The van der Waals surface area contributed by atoms with E-state index in [2.05, 4.69) is 27.8 Å². The highest BCUT2D eigenvalue weighted by molar-refractivity contribution is 8.76. The number of benzene rings is 1. The molecule has 33 heavy (non-hydrogen) atoms. The molecule has 0 bridgehead atoms. The fraction of sp³-hybridized carbons (Fsp3) is 0.565. The van der Waals surface area contributed by atoms with Gasteiger partial charge in [0.1, 0.15) is 24.4 Å². The van der Waals surface area contributed by atoms with Gasteiger partial charge in [-0.15, -0.1) is 0 Å². The molecule has 2 amide bonds. The second-order valence-electron chi connectivity index (χ2n) is 7.07. The number of ether oxygens (including phenoxy) is 3. The number of nitrogens with one attached hydrogen (secondary N) is 3. The van der Waals surface area contributed by atoms with Crippen molar-refractivity contribution >= 4 is 33.4 Å². The molecule has 0 aliphatic carbocycles. The molecule has 0 aliphatic rings. The maximum atomic E-state index is 12.2. The number of amides is 2. The van der Waals surface area contributed by atoms with Crippen LogP contribution >= 0.6 is 21.6 Å². The first kappa shape index (κ1) is 29.1. The van der Waals surface area contributed by atoms with E-state index in [0.29, 0.717) is 50.8 Å². The van der Waals surface area contributed by atoms with E-state index in [9.17, 15) is 9.59 Å². The van der Waals surface area contributed by atoms with Crippen molar-refractivity contribution in [1.29, 1.82) is 0 Å². The minimum absolute atomic E-state index is 0.0350. The van der Waals surface area contributed by atoms with E-state index in [1.54, 1.807) is 35.1 Å². The molecular weight excluding hydrogens is 462 g/mol. The van der Waals surface area contributed by atoms with Gasteiger partial charge in [0.2, 0.25) is 5.91 Å². The Labute approximate surface area is 205 Å². The van der Waals surface area contributed by atoms with Gasteiger partial charge < -0.3 is 30.2 Å². The molecule has 1 aromatic carbocycles. The van der Waals surface area contributed by atoms with Gasteiger partial charge in [0.25, 0.3) is 5.91 Å². The first-order valence-corrected chi connectivity index (χ1v) is 13.4. The molecule has 0 spiro atoms. The van der Waals surface area contributed by atoms with Crippen molar-refractivity contribution in [1.82, 2.24) is 16.0 Å². The molecule has 0 saturated carbocycles. The number of carbonyl (C=O) groups is 2. The van der Waals surface area contributed by atoms with E-state index in [1.165, 1.54) is 10.8 Å². The zero-order valence-electron chi connectivity index (χ0n) is 19.8. The van der Waals surface area contributed by atoms with Crippen LogP contribution in [0.2, 0.25) is 0 Å². The van der Waals surface area contributed by atoms with Crippen LogP contribution in [-0.2, 0) is 14.3 Å². The van der Waals surface area contributed by atoms with Gasteiger partial charge in [0.15, 0.2) is 0 Å². The second kappa shape index (κ2) is 18.5. The summed E-state index contributed by atoms with van der Waals surface area (Å²) in [7, 11) is 4.94. The predicted octanol–water partition coefficient (Wildman–Crippen LogP) is 2.16. The number of hydrogen-bond acceptors (Lipinski definition) is 8. The predicted molar refractivity (Wildman–Crippen MR) is 135 cm³/mol. The molecule has 1 aromatic rings. The Hall–Kier alpha value is -1.90. The Morgan fingerprint density at radius 1 is 1.15 bits per heavy atom. The lowest BCUT2D eigenvalue weighted by molar-refractivity contribution is -0.126. The third-order valence-corrected chi connectivity index (χ3v) is 5.78. The Kier molecular flexibility index (Phi) is 16.3. The van der Waals surface area contributed by atoms with E-state index in [0.717, 1.165) is 0 Å². The molecule has 1 atom stereocenters. The topological polar surface area (TPSA) is 97.9 Å². The van der Waals surface area contributed by atoms with Crippen molar-refractivity contribution < 1.29 is 23.8 Å². The first-order valence-electron chi connectivity index (χ1n) is 10.8. The zero-order chi connectivity index (χ0) is 24.3. The fourth-order valence-electron chi connectivity index (χ4n) is 2.36. The van der Waals surface area contributed by atoms with Gasteiger partial charge in [-0.25, -0.2) is 0 Å². The highest BCUT2D eigenvalue weighted by atomic mass is 33.1. The summed E-state index contributed by atoms with van der Waals surface area (Å²) in [5, 5.41) is 8.51. The molecule has 0 fully saturated rings. The average Bonchev–Trinajstić information content (AvgIpc) is 2.80. The van der Waals surface area contributed by atoms with Crippen LogP contribution in [0.1, 0.15) is 24.2 Å². The highest BCUT2D eigenvalue weighted by Gasteiger charge is 2.12. The minimum atomic E-state index is -0.225. The lowest BCUT2D eigenvalue weighted by Crippen LogP contribution is -2.30. The van der Waals surface area contributed by atoms with E-state index in [1.807, 2.05) is 27.2 Å². The summed E-state index contributed by atoms with van der Waals surface area (Å²) in [6.07, 6.45) is 1.96. The molecule has 1 rings (SSSR count). The Balaban J connectivity index is 2.33. The van der Waals surface area contributed by atoms with Crippen LogP contribution in [-0.4, -0.2) is 76.6 Å². The molecule has 10 heteroatoms. The maximum absolute atomic E-state index is 12.2. The lowest BCUT2D eigenvalue weighted by Gasteiger charge is -2.17. The van der Waals surface area contributed by atoms with Gasteiger partial charge >= 0.3 is 0 Å². The Morgan fingerprint density at radius 2 is 1.97 bits per heavy atom. The molecule has 0 aliphatic heterocycles. The average molecular weight is 498 g/mol.